The summed E-state index contributed by atoms with van der Waals surface area (Å²) in [5.74, 6) is -0.143. The molecule has 0 saturated carbocycles. The summed E-state index contributed by atoms with van der Waals surface area (Å²) >= 11 is 0. The molecular formula is C13H18N4O2. The van der Waals surface area contributed by atoms with E-state index in [0.29, 0.717) is 18.1 Å². The van der Waals surface area contributed by atoms with Gasteiger partial charge in [0.1, 0.15) is 23.0 Å². The van der Waals surface area contributed by atoms with Crippen LogP contribution in [-0.2, 0) is 4.74 Å². The van der Waals surface area contributed by atoms with Gasteiger partial charge in [0.2, 0.25) is 0 Å². The molecule has 102 valence electrons. The Morgan fingerprint density at radius 1 is 1.53 bits per heavy atom. The van der Waals surface area contributed by atoms with Crippen molar-refractivity contribution in [3.05, 3.63) is 16.8 Å². The van der Waals surface area contributed by atoms with Crippen molar-refractivity contribution in [1.29, 1.82) is 5.26 Å². The van der Waals surface area contributed by atoms with Gasteiger partial charge in [0.05, 0.1) is 18.0 Å². The van der Waals surface area contributed by atoms with Gasteiger partial charge in [-0.25, -0.2) is 9.78 Å². The first-order valence-electron chi connectivity index (χ1n) is 6.17. The Morgan fingerprint density at radius 3 is 2.74 bits per heavy atom. The molecule has 0 atom stereocenters. The minimum absolute atomic E-state index is 0.118. The Hall–Kier alpha value is -2.29. The molecular weight excluding hydrogens is 244 g/mol. The summed E-state index contributed by atoms with van der Waals surface area (Å²) in [6.45, 7) is 6.30. The maximum absolute atomic E-state index is 11.8. The topological polar surface area (TPSA) is 101 Å². The number of nitrogens with one attached hydrogen (secondary N) is 1. The van der Waals surface area contributed by atoms with Gasteiger partial charge in [0, 0.05) is 6.54 Å². The standard InChI is InChI=1S/C13H18N4O2/c1-4-6-16-12-9(7-14)11(15)10(8(3)17-12)13(18)19-5-2/h4-6H2,1-3H3,(H3,15,16,17). The van der Waals surface area contributed by atoms with Crippen molar-refractivity contribution < 1.29 is 9.53 Å². The maximum Gasteiger partial charge on any atom is 0.342 e. The van der Waals surface area contributed by atoms with Crippen molar-refractivity contribution in [2.24, 2.45) is 0 Å². The Kier molecular flexibility index (Phi) is 5.12. The van der Waals surface area contributed by atoms with Crippen LogP contribution in [0, 0.1) is 18.3 Å². The van der Waals surface area contributed by atoms with Gasteiger partial charge in [-0.3, -0.25) is 0 Å². The van der Waals surface area contributed by atoms with E-state index >= 15 is 0 Å². The number of nitrogens with two attached hydrogens (primary N) is 1. The Morgan fingerprint density at radius 2 is 2.21 bits per heavy atom. The smallest absolute Gasteiger partial charge is 0.342 e. The van der Waals surface area contributed by atoms with E-state index in [2.05, 4.69) is 10.3 Å². The summed E-state index contributed by atoms with van der Waals surface area (Å²) < 4.78 is 4.92. The number of nitrogens with zero attached hydrogens (tertiary/aromatic N) is 2. The van der Waals surface area contributed by atoms with E-state index < -0.39 is 5.97 Å². The highest BCUT2D eigenvalue weighted by molar-refractivity contribution is 5.98. The second kappa shape index (κ2) is 6.59. The van der Waals surface area contributed by atoms with E-state index in [-0.39, 0.29) is 23.4 Å². The largest absolute Gasteiger partial charge is 0.462 e. The second-order valence-electron chi connectivity index (χ2n) is 3.97. The lowest BCUT2D eigenvalue weighted by Gasteiger charge is -2.13. The molecule has 0 spiro atoms. The van der Waals surface area contributed by atoms with E-state index in [4.69, 9.17) is 15.7 Å². The number of carbonyl (C=O) groups excluding carboxylic acids is 1. The minimum Gasteiger partial charge on any atom is -0.462 e. The third-order valence-corrected chi connectivity index (χ3v) is 2.55. The van der Waals surface area contributed by atoms with Crippen molar-refractivity contribution >= 4 is 17.5 Å². The lowest BCUT2D eigenvalue weighted by Crippen LogP contribution is -2.15. The molecule has 0 bridgehead atoms. The predicted octanol–water partition coefficient (Wildman–Crippen LogP) is 1.84. The second-order valence-corrected chi connectivity index (χ2v) is 3.97. The number of ether oxygens (including phenoxy) is 1. The fraction of sp³-hybridized carbons (Fsp3) is 0.462. The number of pyridine rings is 1. The Bertz CT molecular complexity index is 520. The van der Waals surface area contributed by atoms with Gasteiger partial charge in [-0.2, -0.15) is 5.26 Å². The fourth-order valence-electron chi connectivity index (χ4n) is 1.67. The molecule has 1 aromatic heterocycles. The van der Waals surface area contributed by atoms with Crippen LogP contribution in [0.25, 0.3) is 0 Å². The van der Waals surface area contributed by atoms with E-state index in [1.807, 2.05) is 13.0 Å². The number of hydrogen-bond donors (Lipinski definition) is 2. The molecule has 0 fully saturated rings. The first kappa shape index (κ1) is 14.8. The molecule has 19 heavy (non-hydrogen) atoms. The number of aryl methyl sites for hydroxylation is 1. The monoisotopic (exact) mass is 262 g/mol. The Labute approximate surface area is 112 Å². The van der Waals surface area contributed by atoms with Crippen LogP contribution >= 0.6 is 0 Å². The van der Waals surface area contributed by atoms with Gasteiger partial charge in [0.25, 0.3) is 0 Å². The average molecular weight is 262 g/mol. The lowest BCUT2D eigenvalue weighted by atomic mass is 10.1. The molecule has 6 nitrogen and oxygen atoms in total. The predicted molar refractivity (Wildman–Crippen MR) is 72.8 cm³/mol. The average Bonchev–Trinajstić information content (AvgIpc) is 2.36. The highest BCUT2D eigenvalue weighted by Crippen LogP contribution is 2.26. The summed E-state index contributed by atoms with van der Waals surface area (Å²) in [5, 5.41) is 12.2. The number of nitrogen functional groups attached to an aromatic ring is 1. The van der Waals surface area contributed by atoms with E-state index in [0.717, 1.165) is 6.42 Å². The Balaban J connectivity index is 3.30. The molecule has 3 N–H and O–H groups in total. The number of anilines is 2. The van der Waals surface area contributed by atoms with E-state index in [1.54, 1.807) is 13.8 Å². The normalized spacial score (nSPS) is 9.79. The highest BCUT2D eigenvalue weighted by atomic mass is 16.5. The molecule has 1 heterocycles. The van der Waals surface area contributed by atoms with Gasteiger partial charge in [-0.05, 0) is 20.3 Å². The number of esters is 1. The minimum atomic E-state index is -0.552. The van der Waals surface area contributed by atoms with Crippen LogP contribution < -0.4 is 11.1 Å². The molecule has 0 unspecified atom stereocenters. The number of carbonyl (C=O) groups is 1. The van der Waals surface area contributed by atoms with Gasteiger partial charge in [-0.15, -0.1) is 0 Å². The van der Waals surface area contributed by atoms with Gasteiger partial charge in [0.15, 0.2) is 0 Å². The van der Waals surface area contributed by atoms with Crippen molar-refractivity contribution in [1.82, 2.24) is 4.98 Å². The molecule has 0 aliphatic heterocycles. The van der Waals surface area contributed by atoms with Gasteiger partial charge in [-0.1, -0.05) is 6.92 Å². The van der Waals surface area contributed by atoms with Gasteiger partial charge < -0.3 is 15.8 Å². The number of rotatable bonds is 5. The van der Waals surface area contributed by atoms with Crippen LogP contribution in [0.4, 0.5) is 11.5 Å². The third-order valence-electron chi connectivity index (χ3n) is 2.55. The summed E-state index contributed by atoms with van der Waals surface area (Å²) in [6, 6.07) is 1.98. The molecule has 1 aromatic rings. The molecule has 0 aliphatic carbocycles. The zero-order valence-electron chi connectivity index (χ0n) is 11.4. The maximum atomic E-state index is 11.8. The summed E-state index contributed by atoms with van der Waals surface area (Å²) in [5.41, 5.74) is 6.81. The third kappa shape index (κ3) is 3.13. The van der Waals surface area contributed by atoms with Crippen LogP contribution in [-0.4, -0.2) is 24.1 Å². The molecule has 0 amide bonds. The molecule has 0 radical (unpaired) electrons. The van der Waals surface area contributed by atoms with Crippen molar-refractivity contribution in [2.45, 2.75) is 27.2 Å². The number of aromatic nitrogens is 1. The zero-order valence-corrected chi connectivity index (χ0v) is 11.4. The summed E-state index contributed by atoms with van der Waals surface area (Å²) in [4.78, 5) is 16.0. The fourth-order valence-corrected chi connectivity index (χ4v) is 1.67. The lowest BCUT2D eigenvalue weighted by molar-refractivity contribution is 0.0526. The summed E-state index contributed by atoms with van der Waals surface area (Å²) in [7, 11) is 0. The van der Waals surface area contributed by atoms with Crippen molar-refractivity contribution in [3.63, 3.8) is 0 Å². The SMILES string of the molecule is CCCNc1nc(C)c(C(=O)OCC)c(N)c1C#N. The van der Waals surface area contributed by atoms with Crippen LogP contribution in [0.1, 0.15) is 41.9 Å². The number of nitriles is 1. The van der Waals surface area contributed by atoms with E-state index in [1.165, 1.54) is 0 Å². The van der Waals surface area contributed by atoms with Crippen molar-refractivity contribution in [3.8, 4) is 6.07 Å². The van der Waals surface area contributed by atoms with Gasteiger partial charge >= 0.3 is 5.97 Å². The van der Waals surface area contributed by atoms with Crippen LogP contribution in [0.15, 0.2) is 0 Å². The number of hydrogen-bond acceptors (Lipinski definition) is 6. The molecule has 0 aliphatic rings. The highest BCUT2D eigenvalue weighted by Gasteiger charge is 2.21. The molecule has 1 rings (SSSR count). The van der Waals surface area contributed by atoms with Crippen LogP contribution in [0.3, 0.4) is 0 Å². The van der Waals surface area contributed by atoms with Crippen LogP contribution in [0.5, 0.6) is 0 Å². The molecule has 0 aromatic carbocycles. The zero-order chi connectivity index (χ0) is 14.4. The quantitative estimate of drug-likeness (QED) is 0.785. The van der Waals surface area contributed by atoms with Crippen molar-refractivity contribution in [2.75, 3.05) is 24.2 Å². The molecule has 0 saturated heterocycles. The van der Waals surface area contributed by atoms with E-state index in [9.17, 15) is 4.79 Å². The first-order valence-corrected chi connectivity index (χ1v) is 6.17. The summed E-state index contributed by atoms with van der Waals surface area (Å²) in [6.07, 6.45) is 0.894. The first-order chi connectivity index (χ1) is 9.06. The van der Waals surface area contributed by atoms with Crippen LogP contribution in [0.2, 0.25) is 0 Å². The molecule has 6 heteroatoms.